The van der Waals surface area contributed by atoms with Gasteiger partial charge in [-0.2, -0.15) is 18.3 Å². The van der Waals surface area contributed by atoms with E-state index >= 15 is 0 Å². The molecule has 212 valence electrons. The summed E-state index contributed by atoms with van der Waals surface area (Å²) in [5, 5.41) is 9.90. The van der Waals surface area contributed by atoms with Crippen LogP contribution in [0.4, 0.5) is 19.0 Å². The first kappa shape index (κ1) is 30.0. The Hall–Kier alpha value is -2.54. The minimum atomic E-state index is -4.21. The Morgan fingerprint density at radius 1 is 1.26 bits per heavy atom. The van der Waals surface area contributed by atoms with Gasteiger partial charge in [-0.3, -0.25) is 9.48 Å². The number of rotatable bonds is 11. The second-order valence-corrected chi connectivity index (χ2v) is 12.1. The molecule has 1 fully saturated rings. The Bertz CT molecular complexity index is 1230. The average Bonchev–Trinajstić information content (AvgIpc) is 3.20. The van der Waals surface area contributed by atoms with Gasteiger partial charge < -0.3 is 15.4 Å². The second kappa shape index (κ2) is 12.5. The molecule has 0 saturated heterocycles. The van der Waals surface area contributed by atoms with Crippen LogP contribution < -0.4 is 15.4 Å². The van der Waals surface area contributed by atoms with Crippen LogP contribution in [0.15, 0.2) is 12.3 Å². The fraction of sp³-hybridized carbons (Fsp3) is 0.625. The highest BCUT2D eigenvalue weighted by molar-refractivity contribution is 7.91. The zero-order valence-electron chi connectivity index (χ0n) is 21.6. The molecule has 2 aromatic rings. The third kappa shape index (κ3) is 7.75. The van der Waals surface area contributed by atoms with Gasteiger partial charge in [-0.25, -0.2) is 13.4 Å². The smallest absolute Gasteiger partial charge is 0.389 e. The molecule has 2 aromatic heterocycles. The number of aryl methyl sites for hydroxylation is 1. The quantitative estimate of drug-likeness (QED) is 0.370. The number of pyridine rings is 1. The van der Waals surface area contributed by atoms with Crippen molar-refractivity contribution < 1.29 is 31.1 Å². The average molecular weight is 580 g/mol. The van der Waals surface area contributed by atoms with Crippen molar-refractivity contribution in [2.45, 2.75) is 63.4 Å². The second-order valence-electron chi connectivity index (χ2n) is 9.42. The minimum absolute atomic E-state index is 0.0461. The fourth-order valence-corrected chi connectivity index (χ4v) is 5.99. The van der Waals surface area contributed by atoms with Crippen molar-refractivity contribution in [3.05, 3.63) is 23.0 Å². The maximum absolute atomic E-state index is 13.0. The van der Waals surface area contributed by atoms with E-state index in [0.717, 1.165) is 0 Å². The van der Waals surface area contributed by atoms with Gasteiger partial charge in [-0.05, 0) is 44.9 Å². The molecule has 0 spiro atoms. The van der Waals surface area contributed by atoms with Crippen LogP contribution in [0.2, 0.25) is 5.02 Å². The predicted molar refractivity (Wildman–Crippen MR) is 139 cm³/mol. The van der Waals surface area contributed by atoms with Gasteiger partial charge in [0.25, 0.3) is 5.91 Å². The Morgan fingerprint density at radius 2 is 1.95 bits per heavy atom. The van der Waals surface area contributed by atoms with Crippen LogP contribution >= 0.6 is 11.6 Å². The SMILES string of the molecule is CCn1nc(C(=O)NC[C@H]2CC[C@H](S(C)(=O)=O)CC2)c(Cl)c1-c1cnc(NCCCC(F)(F)F)cc1OC. The number of amides is 1. The van der Waals surface area contributed by atoms with E-state index in [2.05, 4.69) is 20.7 Å². The van der Waals surface area contributed by atoms with Gasteiger partial charge in [0.1, 0.15) is 21.4 Å². The van der Waals surface area contributed by atoms with Crippen LogP contribution in [-0.4, -0.2) is 67.0 Å². The van der Waals surface area contributed by atoms with E-state index in [4.69, 9.17) is 16.3 Å². The minimum Gasteiger partial charge on any atom is -0.496 e. The number of nitrogens with zero attached hydrogens (tertiary/aromatic N) is 3. The van der Waals surface area contributed by atoms with Crippen LogP contribution in [-0.2, 0) is 16.4 Å². The standard InChI is InChI=1S/C24H33ClF3N5O4S/c1-4-33-22(17-14-30-19(12-18(17)37-2)29-11-5-10-24(26,27)28)20(25)21(32-33)23(34)31-13-15-6-8-16(9-7-15)38(3,35)36/h12,14-16H,4-11,13H2,1-3H3,(H,29,30)(H,31,34)/t15-,16-. The highest BCUT2D eigenvalue weighted by Crippen LogP contribution is 2.37. The molecule has 1 aliphatic rings. The Kier molecular flexibility index (Phi) is 9.91. The van der Waals surface area contributed by atoms with Crippen LogP contribution in [0.25, 0.3) is 11.3 Å². The van der Waals surface area contributed by atoms with Crippen molar-refractivity contribution in [1.29, 1.82) is 0 Å². The summed E-state index contributed by atoms with van der Waals surface area (Å²) >= 11 is 6.63. The number of alkyl halides is 3. The van der Waals surface area contributed by atoms with E-state index < -0.39 is 28.3 Å². The summed E-state index contributed by atoms with van der Waals surface area (Å²) in [6.07, 6.45) is 0.101. The van der Waals surface area contributed by atoms with Crippen LogP contribution in [0.1, 0.15) is 55.9 Å². The summed E-state index contributed by atoms with van der Waals surface area (Å²) in [6.45, 7) is 2.71. The first-order chi connectivity index (χ1) is 17.8. The van der Waals surface area contributed by atoms with Crippen molar-refractivity contribution in [3.8, 4) is 17.0 Å². The molecule has 1 saturated carbocycles. The van der Waals surface area contributed by atoms with E-state index in [1.807, 2.05) is 6.92 Å². The molecule has 0 unspecified atom stereocenters. The van der Waals surface area contributed by atoms with Crippen LogP contribution in [0.3, 0.4) is 0 Å². The molecular weight excluding hydrogens is 547 g/mol. The molecule has 14 heteroatoms. The van der Waals surface area contributed by atoms with Crippen LogP contribution in [0.5, 0.6) is 5.75 Å². The molecule has 38 heavy (non-hydrogen) atoms. The molecule has 0 aromatic carbocycles. The van der Waals surface area contributed by atoms with Crippen molar-refractivity contribution in [2.75, 3.05) is 31.8 Å². The number of hydrogen-bond acceptors (Lipinski definition) is 7. The lowest BCUT2D eigenvalue weighted by Crippen LogP contribution is -2.34. The molecule has 0 radical (unpaired) electrons. The fourth-order valence-electron chi connectivity index (χ4n) is 4.54. The summed E-state index contributed by atoms with van der Waals surface area (Å²) in [5.74, 6) is 0.437. The van der Waals surface area contributed by atoms with E-state index in [1.54, 1.807) is 10.7 Å². The number of nitrogens with one attached hydrogen (secondary N) is 2. The lowest BCUT2D eigenvalue weighted by Gasteiger charge is -2.27. The molecule has 2 heterocycles. The van der Waals surface area contributed by atoms with Gasteiger partial charge in [0.15, 0.2) is 5.69 Å². The first-order valence-electron chi connectivity index (χ1n) is 12.4. The number of anilines is 1. The van der Waals surface area contributed by atoms with Crippen LogP contribution in [0, 0.1) is 5.92 Å². The topological polar surface area (TPSA) is 115 Å². The maximum Gasteiger partial charge on any atom is 0.389 e. The Morgan fingerprint density at radius 3 is 2.53 bits per heavy atom. The normalized spacial score (nSPS) is 18.3. The highest BCUT2D eigenvalue weighted by Gasteiger charge is 2.30. The van der Waals surface area contributed by atoms with Crippen molar-refractivity contribution >= 4 is 33.2 Å². The number of carbonyl (C=O) groups is 1. The summed E-state index contributed by atoms with van der Waals surface area (Å²) < 4.78 is 67.7. The molecule has 0 aliphatic heterocycles. The zero-order valence-corrected chi connectivity index (χ0v) is 23.1. The third-order valence-electron chi connectivity index (χ3n) is 6.64. The van der Waals surface area contributed by atoms with Gasteiger partial charge in [0.2, 0.25) is 0 Å². The van der Waals surface area contributed by atoms with E-state index in [1.165, 1.54) is 19.6 Å². The van der Waals surface area contributed by atoms with Crippen molar-refractivity contribution in [1.82, 2.24) is 20.1 Å². The number of hydrogen-bond donors (Lipinski definition) is 2. The number of sulfone groups is 1. The van der Waals surface area contributed by atoms with Gasteiger partial charge in [-0.1, -0.05) is 11.6 Å². The van der Waals surface area contributed by atoms with Crippen molar-refractivity contribution in [2.24, 2.45) is 5.92 Å². The van der Waals surface area contributed by atoms with Gasteiger partial charge in [-0.15, -0.1) is 0 Å². The third-order valence-corrected chi connectivity index (χ3v) is 8.68. The van der Waals surface area contributed by atoms with Crippen molar-refractivity contribution in [3.63, 3.8) is 0 Å². The van der Waals surface area contributed by atoms with Gasteiger partial charge >= 0.3 is 6.18 Å². The Labute approximate surface area is 225 Å². The van der Waals surface area contributed by atoms with Gasteiger partial charge in [0, 0.05) is 44.6 Å². The van der Waals surface area contributed by atoms with E-state index in [-0.39, 0.29) is 34.8 Å². The molecule has 1 amide bonds. The maximum atomic E-state index is 13.0. The van der Waals surface area contributed by atoms with E-state index in [0.29, 0.717) is 61.6 Å². The highest BCUT2D eigenvalue weighted by atomic mass is 35.5. The summed E-state index contributed by atoms with van der Waals surface area (Å²) in [6, 6.07) is 1.55. The van der Waals surface area contributed by atoms with Gasteiger partial charge in [0.05, 0.1) is 28.6 Å². The number of aromatic nitrogens is 3. The zero-order chi connectivity index (χ0) is 28.1. The van der Waals surface area contributed by atoms with E-state index in [9.17, 15) is 26.4 Å². The molecule has 1 aliphatic carbocycles. The molecule has 0 atom stereocenters. The largest absolute Gasteiger partial charge is 0.496 e. The summed E-state index contributed by atoms with van der Waals surface area (Å²) in [5.41, 5.74) is 0.955. The molecular formula is C24H33ClF3N5O4S. The summed E-state index contributed by atoms with van der Waals surface area (Å²) in [7, 11) is -1.61. The predicted octanol–water partition coefficient (Wildman–Crippen LogP) is 4.71. The Balaban J connectivity index is 1.70. The monoisotopic (exact) mass is 579 g/mol. The molecule has 3 rings (SSSR count). The number of methoxy groups -OCH3 is 1. The molecule has 2 N–H and O–H groups in total. The lowest BCUT2D eigenvalue weighted by atomic mass is 9.89. The molecule has 9 nitrogen and oxygen atoms in total. The molecule has 0 bridgehead atoms. The number of halogens is 4. The number of ether oxygens (including phenoxy) is 1. The lowest BCUT2D eigenvalue weighted by molar-refractivity contribution is -0.134. The first-order valence-corrected chi connectivity index (χ1v) is 14.8. The number of carbonyl (C=O) groups excluding carboxylic acids is 1. The summed E-state index contributed by atoms with van der Waals surface area (Å²) in [4.78, 5) is 17.2.